The van der Waals surface area contributed by atoms with Gasteiger partial charge < -0.3 is 10.2 Å². The largest absolute Gasteiger partial charge is 0.365 e. The number of benzene rings is 2. The molecule has 0 bridgehead atoms. The first-order valence-corrected chi connectivity index (χ1v) is 7.50. The molecule has 0 radical (unpaired) electrons. The van der Waals surface area contributed by atoms with Crippen molar-refractivity contribution < 1.29 is 0 Å². The number of nitrogens with zero attached hydrogens (tertiary/aromatic N) is 4. The Morgan fingerprint density at radius 3 is 2.48 bits per heavy atom. The first-order valence-electron chi connectivity index (χ1n) is 7.50. The summed E-state index contributed by atoms with van der Waals surface area (Å²) in [5.74, 6) is 1.27. The Morgan fingerprint density at radius 2 is 1.74 bits per heavy atom. The maximum atomic E-state index is 4.52. The minimum atomic E-state index is 0.560. The molecule has 0 amide bonds. The first-order chi connectivity index (χ1) is 11.2. The van der Waals surface area contributed by atoms with Gasteiger partial charge in [-0.2, -0.15) is 10.1 Å². The quantitative estimate of drug-likeness (QED) is 0.781. The van der Waals surface area contributed by atoms with Crippen molar-refractivity contribution in [2.45, 2.75) is 13.5 Å². The summed E-state index contributed by atoms with van der Waals surface area (Å²) in [6.45, 7) is 2.78. The van der Waals surface area contributed by atoms with Crippen LogP contribution < -0.4 is 10.2 Å². The van der Waals surface area contributed by atoms with Crippen LogP contribution in [0.5, 0.6) is 0 Å². The van der Waals surface area contributed by atoms with E-state index in [0.29, 0.717) is 18.3 Å². The standard InChI is InChI=1S/C18H19N5/c1-14-8-10-15(11-9-14)12-19-17-13-20-22-18(21-17)23(2)16-6-4-3-5-7-16/h3-11,13H,12H2,1-2H3,(H,19,21,22). The third-order valence-corrected chi connectivity index (χ3v) is 3.59. The van der Waals surface area contributed by atoms with Gasteiger partial charge in [-0.05, 0) is 24.6 Å². The van der Waals surface area contributed by atoms with Crippen LogP contribution in [0.1, 0.15) is 11.1 Å². The Kier molecular flexibility index (Phi) is 4.47. The summed E-state index contributed by atoms with van der Waals surface area (Å²) in [5, 5.41) is 11.4. The fraction of sp³-hybridized carbons (Fsp3) is 0.167. The van der Waals surface area contributed by atoms with Gasteiger partial charge in [-0.3, -0.25) is 0 Å². The van der Waals surface area contributed by atoms with Crippen LogP contribution >= 0.6 is 0 Å². The summed E-state index contributed by atoms with van der Waals surface area (Å²) in [6, 6.07) is 18.4. The summed E-state index contributed by atoms with van der Waals surface area (Å²) in [5.41, 5.74) is 3.47. The molecule has 0 aliphatic carbocycles. The monoisotopic (exact) mass is 305 g/mol. The molecule has 0 aliphatic heterocycles. The van der Waals surface area contributed by atoms with Gasteiger partial charge in [0, 0.05) is 19.3 Å². The minimum Gasteiger partial charge on any atom is -0.365 e. The van der Waals surface area contributed by atoms with Gasteiger partial charge in [-0.25, -0.2) is 0 Å². The molecule has 1 N–H and O–H groups in total. The molecule has 23 heavy (non-hydrogen) atoms. The van der Waals surface area contributed by atoms with Crippen molar-refractivity contribution in [1.82, 2.24) is 15.2 Å². The predicted octanol–water partition coefficient (Wildman–Crippen LogP) is 3.56. The normalized spacial score (nSPS) is 10.3. The Balaban J connectivity index is 1.71. The molecule has 0 atom stereocenters. The van der Waals surface area contributed by atoms with Gasteiger partial charge in [0.2, 0.25) is 0 Å². The number of hydrogen-bond acceptors (Lipinski definition) is 5. The number of para-hydroxylation sites is 1. The van der Waals surface area contributed by atoms with E-state index < -0.39 is 0 Å². The molecule has 0 saturated heterocycles. The van der Waals surface area contributed by atoms with Crippen molar-refractivity contribution in [2.24, 2.45) is 0 Å². The Morgan fingerprint density at radius 1 is 1.00 bits per heavy atom. The lowest BCUT2D eigenvalue weighted by Gasteiger charge is -2.17. The van der Waals surface area contributed by atoms with Crippen molar-refractivity contribution in [1.29, 1.82) is 0 Å². The lowest BCUT2D eigenvalue weighted by molar-refractivity contribution is 0.921. The van der Waals surface area contributed by atoms with Gasteiger partial charge in [0.05, 0.1) is 6.20 Å². The molecule has 0 aliphatic rings. The fourth-order valence-electron chi connectivity index (χ4n) is 2.19. The SMILES string of the molecule is Cc1ccc(CNc2cnnc(N(C)c3ccccc3)n2)cc1. The first kappa shape index (κ1) is 15.0. The molecule has 0 saturated carbocycles. The zero-order chi connectivity index (χ0) is 16.1. The Labute approximate surface area is 136 Å². The molecule has 1 aromatic heterocycles. The van der Waals surface area contributed by atoms with Gasteiger partial charge in [0.25, 0.3) is 5.95 Å². The summed E-state index contributed by atoms with van der Waals surface area (Å²) < 4.78 is 0. The molecule has 1 heterocycles. The molecular formula is C18H19N5. The highest BCUT2D eigenvalue weighted by molar-refractivity contribution is 5.56. The van der Waals surface area contributed by atoms with Gasteiger partial charge in [0.15, 0.2) is 5.82 Å². The average Bonchev–Trinajstić information content (AvgIpc) is 2.61. The number of anilines is 3. The maximum absolute atomic E-state index is 4.52. The van der Waals surface area contributed by atoms with E-state index in [4.69, 9.17) is 0 Å². The summed E-state index contributed by atoms with van der Waals surface area (Å²) in [7, 11) is 1.93. The van der Waals surface area contributed by atoms with Crippen LogP contribution in [0.25, 0.3) is 0 Å². The molecular weight excluding hydrogens is 286 g/mol. The molecule has 116 valence electrons. The van der Waals surface area contributed by atoms with E-state index in [0.717, 1.165) is 5.69 Å². The van der Waals surface area contributed by atoms with Crippen molar-refractivity contribution in [2.75, 3.05) is 17.3 Å². The highest BCUT2D eigenvalue weighted by Gasteiger charge is 2.08. The van der Waals surface area contributed by atoms with E-state index >= 15 is 0 Å². The highest BCUT2D eigenvalue weighted by atomic mass is 15.3. The predicted molar refractivity (Wildman–Crippen MR) is 92.8 cm³/mol. The van der Waals surface area contributed by atoms with E-state index in [1.807, 2.05) is 42.3 Å². The van der Waals surface area contributed by atoms with E-state index in [2.05, 4.69) is 51.7 Å². The number of aromatic nitrogens is 3. The van der Waals surface area contributed by atoms with Crippen molar-refractivity contribution in [3.63, 3.8) is 0 Å². The second kappa shape index (κ2) is 6.87. The highest BCUT2D eigenvalue weighted by Crippen LogP contribution is 2.19. The molecule has 2 aromatic carbocycles. The van der Waals surface area contributed by atoms with E-state index in [9.17, 15) is 0 Å². The second-order valence-electron chi connectivity index (χ2n) is 5.38. The molecule has 0 fully saturated rings. The van der Waals surface area contributed by atoms with Gasteiger partial charge in [0.1, 0.15) is 0 Å². The van der Waals surface area contributed by atoms with Crippen LogP contribution in [-0.4, -0.2) is 22.2 Å². The lowest BCUT2D eigenvalue weighted by Crippen LogP contribution is -2.15. The molecule has 3 aromatic rings. The van der Waals surface area contributed by atoms with E-state index in [1.165, 1.54) is 11.1 Å². The zero-order valence-corrected chi connectivity index (χ0v) is 13.3. The van der Waals surface area contributed by atoms with E-state index in [-0.39, 0.29) is 0 Å². The third kappa shape index (κ3) is 3.83. The van der Waals surface area contributed by atoms with Crippen LogP contribution in [0, 0.1) is 6.92 Å². The zero-order valence-electron chi connectivity index (χ0n) is 13.3. The molecule has 0 unspecified atom stereocenters. The number of hydrogen-bond donors (Lipinski definition) is 1. The van der Waals surface area contributed by atoms with Gasteiger partial charge >= 0.3 is 0 Å². The van der Waals surface area contributed by atoms with E-state index in [1.54, 1.807) is 6.20 Å². The summed E-state index contributed by atoms with van der Waals surface area (Å²) >= 11 is 0. The van der Waals surface area contributed by atoms with Gasteiger partial charge in [-0.15, -0.1) is 5.10 Å². The second-order valence-corrected chi connectivity index (χ2v) is 5.38. The summed E-state index contributed by atoms with van der Waals surface area (Å²) in [4.78, 5) is 6.43. The molecule has 3 rings (SSSR count). The van der Waals surface area contributed by atoms with Gasteiger partial charge in [-0.1, -0.05) is 48.0 Å². The number of rotatable bonds is 5. The maximum Gasteiger partial charge on any atom is 0.251 e. The molecule has 5 nitrogen and oxygen atoms in total. The van der Waals surface area contributed by atoms with Crippen LogP contribution in [0.4, 0.5) is 17.5 Å². The Bertz CT molecular complexity index is 756. The summed E-state index contributed by atoms with van der Waals surface area (Å²) in [6.07, 6.45) is 1.64. The van der Waals surface area contributed by atoms with Crippen LogP contribution in [0.2, 0.25) is 0 Å². The van der Waals surface area contributed by atoms with Crippen LogP contribution in [-0.2, 0) is 6.54 Å². The number of aryl methyl sites for hydroxylation is 1. The molecule has 5 heteroatoms. The lowest BCUT2D eigenvalue weighted by atomic mass is 10.1. The molecule has 0 spiro atoms. The topological polar surface area (TPSA) is 53.9 Å². The van der Waals surface area contributed by atoms with Crippen LogP contribution in [0.3, 0.4) is 0 Å². The van der Waals surface area contributed by atoms with Crippen molar-refractivity contribution in [3.8, 4) is 0 Å². The average molecular weight is 305 g/mol. The third-order valence-electron chi connectivity index (χ3n) is 3.59. The van der Waals surface area contributed by atoms with Crippen molar-refractivity contribution >= 4 is 17.5 Å². The van der Waals surface area contributed by atoms with Crippen molar-refractivity contribution in [3.05, 3.63) is 71.9 Å². The minimum absolute atomic E-state index is 0.560. The Hall–Kier alpha value is -2.95. The number of nitrogens with one attached hydrogen (secondary N) is 1. The smallest absolute Gasteiger partial charge is 0.251 e. The fourth-order valence-corrected chi connectivity index (χ4v) is 2.19. The van der Waals surface area contributed by atoms with Crippen LogP contribution in [0.15, 0.2) is 60.8 Å².